The summed E-state index contributed by atoms with van der Waals surface area (Å²) in [5, 5.41) is 10.8. The molecule has 0 radical (unpaired) electrons. The molecule has 154 valence electrons. The number of carbonyl (C=O) groups is 1. The number of nitrogens with zero attached hydrogens (tertiary/aromatic N) is 5. The summed E-state index contributed by atoms with van der Waals surface area (Å²) >= 11 is 0. The maximum absolute atomic E-state index is 12.7. The van der Waals surface area contributed by atoms with Crippen LogP contribution in [0.5, 0.6) is 0 Å². The zero-order valence-corrected chi connectivity index (χ0v) is 16.9. The molecule has 0 aromatic heterocycles. The van der Waals surface area contributed by atoms with E-state index < -0.39 is 0 Å². The van der Waals surface area contributed by atoms with E-state index >= 15 is 0 Å². The van der Waals surface area contributed by atoms with Crippen molar-refractivity contribution in [1.82, 2.24) is 14.7 Å². The van der Waals surface area contributed by atoms with Gasteiger partial charge in [0.25, 0.3) is 5.69 Å². The smallest absolute Gasteiger partial charge is 0.269 e. The van der Waals surface area contributed by atoms with Crippen molar-refractivity contribution in [2.45, 2.75) is 26.3 Å². The maximum Gasteiger partial charge on any atom is 0.269 e. The molecule has 1 aromatic rings. The second-order valence-electron chi connectivity index (χ2n) is 7.71. The van der Waals surface area contributed by atoms with E-state index in [2.05, 4.69) is 28.5 Å². The van der Waals surface area contributed by atoms with Crippen LogP contribution in [0.2, 0.25) is 0 Å². The molecule has 28 heavy (non-hydrogen) atoms. The fraction of sp³-hybridized carbons (Fsp3) is 0.650. The highest BCUT2D eigenvalue weighted by molar-refractivity contribution is 5.78. The summed E-state index contributed by atoms with van der Waals surface area (Å²) in [6.45, 7) is 11.8. The Labute approximate surface area is 166 Å². The van der Waals surface area contributed by atoms with Gasteiger partial charge in [-0.25, -0.2) is 0 Å². The zero-order valence-electron chi connectivity index (χ0n) is 16.9. The minimum absolute atomic E-state index is 0.112. The van der Waals surface area contributed by atoms with Crippen molar-refractivity contribution in [1.29, 1.82) is 0 Å². The second-order valence-corrected chi connectivity index (χ2v) is 7.71. The number of nitro groups is 1. The standard InChI is InChI=1S/C20H31N5O3/c1-3-17(2)22-12-14-24(15-13-22)20(26)16-21-8-10-23(11-9-21)18-4-6-19(7-5-18)25(27)28/h4-7,17H,3,8-16H2,1-2H3. The highest BCUT2D eigenvalue weighted by Gasteiger charge is 2.26. The first-order chi connectivity index (χ1) is 13.5. The van der Waals surface area contributed by atoms with Crippen LogP contribution in [0.25, 0.3) is 0 Å². The molecular formula is C20H31N5O3. The molecule has 2 heterocycles. The lowest BCUT2D eigenvalue weighted by Crippen LogP contribution is -2.55. The SMILES string of the molecule is CCC(C)N1CCN(C(=O)CN2CCN(c3ccc([N+](=O)[O-])cc3)CC2)CC1. The lowest BCUT2D eigenvalue weighted by Gasteiger charge is -2.40. The number of hydrogen-bond acceptors (Lipinski definition) is 6. The number of amides is 1. The molecule has 1 amide bonds. The molecule has 2 saturated heterocycles. The van der Waals surface area contributed by atoms with Gasteiger partial charge in [0.1, 0.15) is 0 Å². The quantitative estimate of drug-likeness (QED) is 0.544. The fourth-order valence-electron chi connectivity index (χ4n) is 3.91. The molecule has 0 spiro atoms. The van der Waals surface area contributed by atoms with Gasteiger partial charge in [-0.3, -0.25) is 24.7 Å². The number of non-ortho nitro benzene ring substituents is 1. The molecule has 0 aliphatic carbocycles. The van der Waals surface area contributed by atoms with Crippen LogP contribution < -0.4 is 4.90 Å². The van der Waals surface area contributed by atoms with Crippen LogP contribution in [0, 0.1) is 10.1 Å². The summed E-state index contributed by atoms with van der Waals surface area (Å²) in [6.07, 6.45) is 1.15. The van der Waals surface area contributed by atoms with E-state index in [9.17, 15) is 14.9 Å². The zero-order chi connectivity index (χ0) is 20.1. The molecule has 2 aliphatic rings. The van der Waals surface area contributed by atoms with Crippen LogP contribution in [-0.4, -0.2) is 90.5 Å². The number of benzene rings is 1. The molecule has 2 fully saturated rings. The lowest BCUT2D eigenvalue weighted by molar-refractivity contribution is -0.384. The molecule has 0 saturated carbocycles. The Morgan fingerprint density at radius 2 is 1.64 bits per heavy atom. The first-order valence-corrected chi connectivity index (χ1v) is 10.2. The van der Waals surface area contributed by atoms with Crippen LogP contribution >= 0.6 is 0 Å². The number of nitro benzene ring substituents is 1. The van der Waals surface area contributed by atoms with E-state index in [-0.39, 0.29) is 16.5 Å². The predicted molar refractivity (Wildman–Crippen MR) is 110 cm³/mol. The Morgan fingerprint density at radius 3 is 2.18 bits per heavy atom. The Morgan fingerprint density at radius 1 is 1.04 bits per heavy atom. The minimum atomic E-state index is -0.379. The predicted octanol–water partition coefficient (Wildman–Crippen LogP) is 1.66. The highest BCUT2D eigenvalue weighted by atomic mass is 16.6. The van der Waals surface area contributed by atoms with E-state index in [0.29, 0.717) is 12.6 Å². The van der Waals surface area contributed by atoms with Crippen LogP contribution in [0.4, 0.5) is 11.4 Å². The van der Waals surface area contributed by atoms with E-state index in [0.717, 1.165) is 64.5 Å². The Hall–Kier alpha value is -2.19. The molecular weight excluding hydrogens is 358 g/mol. The summed E-state index contributed by atoms with van der Waals surface area (Å²) in [4.78, 5) is 32.0. The van der Waals surface area contributed by atoms with Gasteiger partial charge in [0, 0.05) is 76.2 Å². The molecule has 8 nitrogen and oxygen atoms in total. The molecule has 0 N–H and O–H groups in total. The monoisotopic (exact) mass is 389 g/mol. The van der Waals surface area contributed by atoms with Gasteiger partial charge in [-0.2, -0.15) is 0 Å². The second kappa shape index (κ2) is 9.34. The molecule has 2 aliphatic heterocycles. The van der Waals surface area contributed by atoms with Crippen molar-refractivity contribution < 1.29 is 9.72 Å². The Balaban J connectivity index is 1.43. The van der Waals surface area contributed by atoms with E-state index in [4.69, 9.17) is 0 Å². The number of carbonyl (C=O) groups excluding carboxylic acids is 1. The van der Waals surface area contributed by atoms with Gasteiger partial charge in [-0.1, -0.05) is 6.92 Å². The summed E-state index contributed by atoms with van der Waals surface area (Å²) in [5.41, 5.74) is 1.11. The summed E-state index contributed by atoms with van der Waals surface area (Å²) in [5.74, 6) is 0.229. The van der Waals surface area contributed by atoms with E-state index in [1.54, 1.807) is 24.3 Å². The van der Waals surface area contributed by atoms with Crippen LogP contribution in [-0.2, 0) is 4.79 Å². The number of anilines is 1. The fourth-order valence-corrected chi connectivity index (χ4v) is 3.91. The summed E-state index contributed by atoms with van der Waals surface area (Å²) < 4.78 is 0. The maximum atomic E-state index is 12.7. The van der Waals surface area contributed by atoms with Crippen molar-refractivity contribution in [3.63, 3.8) is 0 Å². The number of piperazine rings is 2. The molecule has 3 rings (SSSR count). The lowest BCUT2D eigenvalue weighted by atomic mass is 10.2. The number of hydrogen-bond donors (Lipinski definition) is 0. The minimum Gasteiger partial charge on any atom is -0.369 e. The van der Waals surface area contributed by atoms with Crippen molar-refractivity contribution >= 4 is 17.3 Å². The van der Waals surface area contributed by atoms with Gasteiger partial charge < -0.3 is 9.80 Å². The number of rotatable bonds is 6. The topological polar surface area (TPSA) is 73.2 Å². The van der Waals surface area contributed by atoms with Gasteiger partial charge in [0.05, 0.1) is 11.5 Å². The van der Waals surface area contributed by atoms with Crippen LogP contribution in [0.3, 0.4) is 0 Å². The van der Waals surface area contributed by atoms with Crippen LogP contribution in [0.1, 0.15) is 20.3 Å². The van der Waals surface area contributed by atoms with Crippen molar-refractivity contribution in [3.8, 4) is 0 Å². The average Bonchev–Trinajstić information content (AvgIpc) is 2.74. The van der Waals surface area contributed by atoms with E-state index in [1.165, 1.54) is 0 Å². The largest absolute Gasteiger partial charge is 0.369 e. The summed E-state index contributed by atoms with van der Waals surface area (Å²) in [6, 6.07) is 7.28. The third kappa shape index (κ3) is 4.99. The molecule has 1 aromatic carbocycles. The summed E-state index contributed by atoms with van der Waals surface area (Å²) in [7, 11) is 0. The first-order valence-electron chi connectivity index (χ1n) is 10.2. The van der Waals surface area contributed by atoms with Crippen molar-refractivity contribution in [2.75, 3.05) is 63.8 Å². The Bertz CT molecular complexity index is 665. The van der Waals surface area contributed by atoms with Gasteiger partial charge >= 0.3 is 0 Å². The van der Waals surface area contributed by atoms with Gasteiger partial charge in [0.2, 0.25) is 5.91 Å². The average molecular weight is 390 g/mol. The normalized spacial score (nSPS) is 20.2. The van der Waals surface area contributed by atoms with Gasteiger partial charge in [0.15, 0.2) is 0 Å². The first kappa shape index (κ1) is 20.5. The van der Waals surface area contributed by atoms with Gasteiger partial charge in [-0.15, -0.1) is 0 Å². The third-order valence-corrected chi connectivity index (χ3v) is 6.04. The molecule has 1 atom stereocenters. The van der Waals surface area contributed by atoms with Crippen molar-refractivity contribution in [3.05, 3.63) is 34.4 Å². The molecule has 1 unspecified atom stereocenters. The Kier molecular flexibility index (Phi) is 6.85. The van der Waals surface area contributed by atoms with Gasteiger partial charge in [-0.05, 0) is 25.5 Å². The molecule has 8 heteroatoms. The van der Waals surface area contributed by atoms with Crippen molar-refractivity contribution in [2.24, 2.45) is 0 Å². The highest BCUT2D eigenvalue weighted by Crippen LogP contribution is 2.20. The van der Waals surface area contributed by atoms with Crippen LogP contribution in [0.15, 0.2) is 24.3 Å². The van der Waals surface area contributed by atoms with E-state index in [1.807, 2.05) is 4.90 Å². The third-order valence-electron chi connectivity index (χ3n) is 6.04. The molecule has 0 bridgehead atoms.